The van der Waals surface area contributed by atoms with Crippen LogP contribution in [0.3, 0.4) is 0 Å². The van der Waals surface area contributed by atoms with E-state index < -0.39 is 0 Å². The van der Waals surface area contributed by atoms with Gasteiger partial charge in [-0.05, 0) is 25.6 Å². The van der Waals surface area contributed by atoms with Gasteiger partial charge in [0.1, 0.15) is 0 Å². The summed E-state index contributed by atoms with van der Waals surface area (Å²) in [6.45, 7) is 3.24. The van der Waals surface area contributed by atoms with E-state index in [2.05, 4.69) is 36.0 Å². The minimum Gasteiger partial charge on any atom is -0.289 e. The minimum atomic E-state index is 0.473. The second kappa shape index (κ2) is 3.68. The van der Waals surface area contributed by atoms with Crippen LogP contribution in [-0.4, -0.2) is 29.2 Å². The third-order valence-electron chi connectivity index (χ3n) is 2.31. The monoisotopic (exact) mass is 194 g/mol. The zero-order chi connectivity index (χ0) is 9.26. The van der Waals surface area contributed by atoms with Crippen LogP contribution in [0.5, 0.6) is 0 Å². The van der Waals surface area contributed by atoms with Crippen molar-refractivity contribution in [3.8, 4) is 0 Å². The summed E-state index contributed by atoms with van der Waals surface area (Å²) in [5, 5.41) is 0.473. The standard InChI is InChI=1S/C10H14N2S/c1-8-3-4-9(11-7-8)10-12(2)5-6-13-10/h3-4,7,10H,5-6H2,1-2H3. The zero-order valence-electron chi connectivity index (χ0n) is 8.03. The van der Waals surface area contributed by atoms with Gasteiger partial charge >= 0.3 is 0 Å². The molecular formula is C10H14N2S. The van der Waals surface area contributed by atoms with E-state index in [0.29, 0.717) is 5.37 Å². The van der Waals surface area contributed by atoms with Gasteiger partial charge in [0.2, 0.25) is 0 Å². The molecule has 0 spiro atoms. The zero-order valence-corrected chi connectivity index (χ0v) is 8.84. The topological polar surface area (TPSA) is 16.1 Å². The van der Waals surface area contributed by atoms with E-state index in [-0.39, 0.29) is 0 Å². The summed E-state index contributed by atoms with van der Waals surface area (Å²) in [5.74, 6) is 1.22. The molecule has 2 heterocycles. The van der Waals surface area contributed by atoms with Crippen molar-refractivity contribution in [3.63, 3.8) is 0 Å². The molecule has 1 aromatic heterocycles. The molecule has 0 aliphatic carbocycles. The molecule has 1 aromatic rings. The van der Waals surface area contributed by atoms with Gasteiger partial charge in [0.15, 0.2) is 0 Å². The van der Waals surface area contributed by atoms with Crippen molar-refractivity contribution in [2.75, 3.05) is 19.3 Å². The molecule has 13 heavy (non-hydrogen) atoms. The Balaban J connectivity index is 2.20. The number of rotatable bonds is 1. The van der Waals surface area contributed by atoms with Crippen molar-refractivity contribution in [1.29, 1.82) is 0 Å². The summed E-state index contributed by atoms with van der Waals surface area (Å²) < 4.78 is 0. The number of hydrogen-bond acceptors (Lipinski definition) is 3. The van der Waals surface area contributed by atoms with Crippen LogP contribution in [0, 0.1) is 6.92 Å². The van der Waals surface area contributed by atoms with Gasteiger partial charge in [-0.3, -0.25) is 9.88 Å². The van der Waals surface area contributed by atoms with E-state index in [4.69, 9.17) is 0 Å². The van der Waals surface area contributed by atoms with Crippen LogP contribution >= 0.6 is 11.8 Å². The SMILES string of the molecule is Cc1ccc(C2SCCN2C)nc1. The third kappa shape index (κ3) is 1.86. The fourth-order valence-electron chi connectivity index (χ4n) is 1.49. The Morgan fingerprint density at radius 2 is 2.38 bits per heavy atom. The molecule has 1 saturated heterocycles. The maximum absolute atomic E-state index is 4.45. The fourth-order valence-corrected chi connectivity index (χ4v) is 2.78. The highest BCUT2D eigenvalue weighted by Gasteiger charge is 2.23. The summed E-state index contributed by atoms with van der Waals surface area (Å²) in [5.41, 5.74) is 2.42. The molecule has 3 heteroatoms. The van der Waals surface area contributed by atoms with E-state index in [1.165, 1.54) is 23.6 Å². The molecule has 0 radical (unpaired) electrons. The van der Waals surface area contributed by atoms with Gasteiger partial charge in [0.25, 0.3) is 0 Å². The van der Waals surface area contributed by atoms with E-state index in [0.717, 1.165) is 0 Å². The average Bonchev–Trinajstić information content (AvgIpc) is 2.53. The van der Waals surface area contributed by atoms with Crippen molar-refractivity contribution in [3.05, 3.63) is 29.6 Å². The molecule has 0 amide bonds. The Morgan fingerprint density at radius 3 is 2.92 bits per heavy atom. The van der Waals surface area contributed by atoms with Crippen molar-refractivity contribution in [2.24, 2.45) is 0 Å². The van der Waals surface area contributed by atoms with Crippen molar-refractivity contribution >= 4 is 11.8 Å². The number of aromatic nitrogens is 1. The van der Waals surface area contributed by atoms with Gasteiger partial charge in [-0.25, -0.2) is 0 Å². The average molecular weight is 194 g/mol. The number of pyridine rings is 1. The number of nitrogens with zero attached hydrogens (tertiary/aromatic N) is 2. The highest BCUT2D eigenvalue weighted by molar-refractivity contribution is 7.99. The highest BCUT2D eigenvalue weighted by atomic mass is 32.2. The van der Waals surface area contributed by atoms with Gasteiger partial charge in [0.05, 0.1) is 11.1 Å². The number of thioether (sulfide) groups is 1. The van der Waals surface area contributed by atoms with E-state index in [1.807, 2.05) is 18.0 Å². The molecule has 1 aliphatic heterocycles. The summed E-state index contributed by atoms with van der Waals surface area (Å²) >= 11 is 1.97. The molecule has 1 atom stereocenters. The van der Waals surface area contributed by atoms with Crippen LogP contribution in [0.15, 0.2) is 18.3 Å². The van der Waals surface area contributed by atoms with Gasteiger partial charge in [-0.15, -0.1) is 11.8 Å². The van der Waals surface area contributed by atoms with Crippen LogP contribution in [0.1, 0.15) is 16.6 Å². The van der Waals surface area contributed by atoms with Crippen LogP contribution in [0.2, 0.25) is 0 Å². The smallest absolute Gasteiger partial charge is 0.0985 e. The van der Waals surface area contributed by atoms with Crippen LogP contribution in [0.4, 0.5) is 0 Å². The summed E-state index contributed by atoms with van der Waals surface area (Å²) in [7, 11) is 2.16. The lowest BCUT2D eigenvalue weighted by Crippen LogP contribution is -2.17. The molecule has 1 aliphatic rings. The predicted molar refractivity (Wildman–Crippen MR) is 56.8 cm³/mol. The largest absolute Gasteiger partial charge is 0.289 e. The minimum absolute atomic E-state index is 0.473. The molecule has 1 unspecified atom stereocenters. The molecule has 2 nitrogen and oxygen atoms in total. The lowest BCUT2D eigenvalue weighted by molar-refractivity contribution is 0.354. The molecule has 2 rings (SSSR count). The first-order valence-electron chi connectivity index (χ1n) is 4.52. The lowest BCUT2D eigenvalue weighted by Gasteiger charge is -2.17. The Morgan fingerprint density at radius 1 is 1.54 bits per heavy atom. The number of aryl methyl sites for hydroxylation is 1. The fraction of sp³-hybridized carbons (Fsp3) is 0.500. The van der Waals surface area contributed by atoms with Crippen LogP contribution in [0.25, 0.3) is 0 Å². The van der Waals surface area contributed by atoms with Crippen LogP contribution in [-0.2, 0) is 0 Å². The Labute approximate surface area is 83.4 Å². The van der Waals surface area contributed by atoms with Gasteiger partial charge < -0.3 is 0 Å². The molecule has 1 fully saturated rings. The Kier molecular flexibility index (Phi) is 2.56. The molecule has 0 saturated carbocycles. The Bertz CT molecular complexity index is 283. The summed E-state index contributed by atoms with van der Waals surface area (Å²) in [4.78, 5) is 6.80. The lowest BCUT2D eigenvalue weighted by atomic mass is 10.2. The molecule has 0 N–H and O–H groups in total. The second-order valence-electron chi connectivity index (χ2n) is 3.46. The van der Waals surface area contributed by atoms with Crippen molar-refractivity contribution in [2.45, 2.75) is 12.3 Å². The summed E-state index contributed by atoms with van der Waals surface area (Å²) in [6.07, 6.45) is 1.95. The predicted octanol–water partition coefficient (Wildman–Crippen LogP) is 2.07. The first kappa shape index (κ1) is 9.03. The number of hydrogen-bond donors (Lipinski definition) is 0. The van der Waals surface area contributed by atoms with Crippen molar-refractivity contribution in [1.82, 2.24) is 9.88 Å². The molecule has 0 bridgehead atoms. The van der Waals surface area contributed by atoms with E-state index in [1.54, 1.807) is 0 Å². The maximum Gasteiger partial charge on any atom is 0.0985 e. The first-order chi connectivity index (χ1) is 6.27. The first-order valence-corrected chi connectivity index (χ1v) is 5.56. The quantitative estimate of drug-likeness (QED) is 0.681. The van der Waals surface area contributed by atoms with E-state index in [9.17, 15) is 0 Å². The van der Waals surface area contributed by atoms with Crippen molar-refractivity contribution < 1.29 is 0 Å². The Hall–Kier alpha value is -0.540. The molecule has 70 valence electrons. The second-order valence-corrected chi connectivity index (χ2v) is 4.65. The maximum atomic E-state index is 4.45. The van der Waals surface area contributed by atoms with E-state index >= 15 is 0 Å². The van der Waals surface area contributed by atoms with Gasteiger partial charge in [0, 0.05) is 18.5 Å². The third-order valence-corrected chi connectivity index (χ3v) is 3.64. The molecular weight excluding hydrogens is 180 g/mol. The normalized spacial score (nSPS) is 23.7. The van der Waals surface area contributed by atoms with Crippen LogP contribution < -0.4 is 0 Å². The van der Waals surface area contributed by atoms with Gasteiger partial charge in [-0.2, -0.15) is 0 Å². The highest BCUT2D eigenvalue weighted by Crippen LogP contribution is 2.35. The molecule has 0 aromatic carbocycles. The summed E-state index contributed by atoms with van der Waals surface area (Å²) in [6, 6.07) is 4.27. The van der Waals surface area contributed by atoms with Gasteiger partial charge in [-0.1, -0.05) is 6.07 Å².